The molecule has 0 saturated carbocycles. The van der Waals surface area contributed by atoms with Crippen LogP contribution in [0.3, 0.4) is 0 Å². The highest BCUT2D eigenvalue weighted by Crippen LogP contribution is 1.88. The molecule has 2 N–H and O–H groups in total. The normalized spacial score (nSPS) is 10.4. The fourth-order valence-corrected chi connectivity index (χ4v) is 1.14. The predicted octanol–water partition coefficient (Wildman–Crippen LogP) is 0.435. The smallest absolute Gasteiger partial charge is 0.169 e. The number of aryl methyl sites for hydroxylation is 1. The number of nitrogens with zero attached hydrogens (tertiary/aromatic N) is 3. The second-order valence-electron chi connectivity index (χ2n) is 3.79. The molecule has 1 aromatic heterocycles. The van der Waals surface area contributed by atoms with Crippen molar-refractivity contribution >= 4 is 17.3 Å². The van der Waals surface area contributed by atoms with Gasteiger partial charge in [0, 0.05) is 13.6 Å². The van der Waals surface area contributed by atoms with E-state index in [0.29, 0.717) is 17.6 Å². The van der Waals surface area contributed by atoms with Crippen LogP contribution in [0.1, 0.15) is 19.7 Å². The molecule has 0 spiro atoms. The maximum Gasteiger partial charge on any atom is 0.169 e. The maximum atomic E-state index is 5.09. The Hall–Kier alpha value is -1.17. The molecule has 15 heavy (non-hydrogen) atoms. The van der Waals surface area contributed by atoms with Crippen LogP contribution in [0.25, 0.3) is 0 Å². The summed E-state index contributed by atoms with van der Waals surface area (Å²) in [5.41, 5.74) is 0. The molecule has 0 fully saturated rings. The second-order valence-corrected chi connectivity index (χ2v) is 4.20. The average molecular weight is 227 g/mol. The Labute approximate surface area is 95.3 Å². The third-order valence-corrected chi connectivity index (χ3v) is 2.01. The van der Waals surface area contributed by atoms with Crippen molar-refractivity contribution in [1.29, 1.82) is 0 Å². The quantitative estimate of drug-likeness (QED) is 0.731. The molecule has 5 nitrogen and oxygen atoms in total. The molecule has 1 rings (SSSR count). The summed E-state index contributed by atoms with van der Waals surface area (Å²) >= 11 is 5.09. The van der Waals surface area contributed by atoms with Gasteiger partial charge in [0.15, 0.2) is 10.9 Å². The van der Waals surface area contributed by atoms with E-state index in [4.69, 9.17) is 12.2 Å². The molecule has 1 heterocycles. The van der Waals surface area contributed by atoms with E-state index in [9.17, 15) is 0 Å². The highest BCUT2D eigenvalue weighted by atomic mass is 32.1. The molecule has 0 aliphatic rings. The molecule has 6 heteroatoms. The van der Waals surface area contributed by atoms with Gasteiger partial charge in [-0.3, -0.25) is 4.68 Å². The molecule has 0 aliphatic heterocycles. The fraction of sp³-hybridized carbons (Fsp3) is 0.667. The van der Waals surface area contributed by atoms with Crippen molar-refractivity contribution in [2.24, 2.45) is 13.0 Å². The number of hydrogen-bond donors (Lipinski definition) is 2. The summed E-state index contributed by atoms with van der Waals surface area (Å²) in [5, 5.41) is 10.9. The Kier molecular flexibility index (Phi) is 4.48. The zero-order valence-corrected chi connectivity index (χ0v) is 10.1. The van der Waals surface area contributed by atoms with Crippen LogP contribution in [0.5, 0.6) is 0 Å². The monoisotopic (exact) mass is 227 g/mol. The molecule has 0 unspecified atom stereocenters. The van der Waals surface area contributed by atoms with Gasteiger partial charge >= 0.3 is 0 Å². The zero-order chi connectivity index (χ0) is 11.3. The van der Waals surface area contributed by atoms with Crippen LogP contribution in [-0.2, 0) is 13.6 Å². The van der Waals surface area contributed by atoms with Gasteiger partial charge in [0.05, 0.1) is 6.54 Å². The summed E-state index contributed by atoms with van der Waals surface area (Å²) in [6.07, 6.45) is 1.67. The van der Waals surface area contributed by atoms with Crippen LogP contribution in [0.4, 0.5) is 0 Å². The second kappa shape index (κ2) is 5.65. The first-order valence-corrected chi connectivity index (χ1v) is 5.35. The molecule has 0 saturated heterocycles. The minimum Gasteiger partial charge on any atom is -0.362 e. The Balaban J connectivity index is 2.22. The van der Waals surface area contributed by atoms with Crippen molar-refractivity contribution in [1.82, 2.24) is 25.4 Å². The average Bonchev–Trinajstić information content (AvgIpc) is 2.58. The van der Waals surface area contributed by atoms with Gasteiger partial charge in [-0.15, -0.1) is 0 Å². The standard InChI is InChI=1S/C9H17N5S/c1-7(2)4-10-9(15)11-5-8-12-6-14(3)13-8/h6-7H,4-5H2,1-3H3,(H2,10,11,15). The Bertz CT molecular complexity index is 320. The topological polar surface area (TPSA) is 54.8 Å². The minimum atomic E-state index is 0.560. The van der Waals surface area contributed by atoms with Crippen molar-refractivity contribution in [3.8, 4) is 0 Å². The summed E-state index contributed by atoms with van der Waals surface area (Å²) in [7, 11) is 1.84. The molecule has 1 aromatic rings. The minimum absolute atomic E-state index is 0.560. The molecule has 0 aromatic carbocycles. The van der Waals surface area contributed by atoms with E-state index in [2.05, 4.69) is 34.6 Å². The number of nitrogens with one attached hydrogen (secondary N) is 2. The number of hydrogen-bond acceptors (Lipinski definition) is 3. The lowest BCUT2D eigenvalue weighted by Gasteiger charge is -2.10. The highest BCUT2D eigenvalue weighted by Gasteiger charge is 2.00. The molecule has 0 aliphatic carbocycles. The highest BCUT2D eigenvalue weighted by molar-refractivity contribution is 7.80. The van der Waals surface area contributed by atoms with Crippen molar-refractivity contribution < 1.29 is 0 Å². The molecule has 0 amide bonds. The van der Waals surface area contributed by atoms with Gasteiger partial charge in [0.1, 0.15) is 6.33 Å². The SMILES string of the molecule is CC(C)CNC(=S)NCc1ncn(C)n1. The van der Waals surface area contributed by atoms with E-state index < -0.39 is 0 Å². The third kappa shape index (κ3) is 4.73. The summed E-state index contributed by atoms with van der Waals surface area (Å²) in [6, 6.07) is 0. The van der Waals surface area contributed by atoms with Crippen molar-refractivity contribution in [2.45, 2.75) is 20.4 Å². The van der Waals surface area contributed by atoms with Crippen LogP contribution in [-0.4, -0.2) is 26.4 Å². The third-order valence-electron chi connectivity index (χ3n) is 1.72. The lowest BCUT2D eigenvalue weighted by molar-refractivity contribution is 0.617. The largest absolute Gasteiger partial charge is 0.362 e. The van der Waals surface area contributed by atoms with Gasteiger partial charge in [-0.25, -0.2) is 4.98 Å². The zero-order valence-electron chi connectivity index (χ0n) is 9.32. The van der Waals surface area contributed by atoms with E-state index in [1.165, 1.54) is 0 Å². The van der Waals surface area contributed by atoms with Crippen molar-refractivity contribution in [3.05, 3.63) is 12.2 Å². The van der Waals surface area contributed by atoms with Crippen molar-refractivity contribution in [3.63, 3.8) is 0 Å². The molecule has 0 atom stereocenters. The summed E-state index contributed by atoms with van der Waals surface area (Å²) < 4.78 is 1.67. The molecular weight excluding hydrogens is 210 g/mol. The summed E-state index contributed by atoms with van der Waals surface area (Å²) in [4.78, 5) is 4.08. The lowest BCUT2D eigenvalue weighted by atomic mass is 10.2. The van der Waals surface area contributed by atoms with Crippen LogP contribution >= 0.6 is 12.2 Å². The van der Waals surface area contributed by atoms with Crippen LogP contribution < -0.4 is 10.6 Å². The number of aromatic nitrogens is 3. The van der Waals surface area contributed by atoms with Crippen LogP contribution in [0.15, 0.2) is 6.33 Å². The van der Waals surface area contributed by atoms with Gasteiger partial charge in [-0.05, 0) is 18.1 Å². The first kappa shape index (κ1) is 11.9. The molecule has 84 valence electrons. The van der Waals surface area contributed by atoms with E-state index >= 15 is 0 Å². The van der Waals surface area contributed by atoms with E-state index in [-0.39, 0.29) is 0 Å². The van der Waals surface area contributed by atoms with Gasteiger partial charge in [-0.1, -0.05) is 13.8 Å². The van der Waals surface area contributed by atoms with E-state index in [1.807, 2.05) is 7.05 Å². The van der Waals surface area contributed by atoms with Gasteiger partial charge in [-0.2, -0.15) is 5.10 Å². The summed E-state index contributed by atoms with van der Waals surface area (Å²) in [5.74, 6) is 1.32. The van der Waals surface area contributed by atoms with Crippen LogP contribution in [0, 0.1) is 5.92 Å². The Morgan fingerprint density at radius 3 is 2.80 bits per heavy atom. The maximum absolute atomic E-state index is 5.09. The molecular formula is C9H17N5S. The fourth-order valence-electron chi connectivity index (χ4n) is 0.984. The Morgan fingerprint density at radius 2 is 2.27 bits per heavy atom. The predicted molar refractivity (Wildman–Crippen MR) is 63.3 cm³/mol. The number of thiocarbonyl (C=S) groups is 1. The lowest BCUT2D eigenvalue weighted by Crippen LogP contribution is -2.37. The molecule has 0 radical (unpaired) electrons. The first-order chi connectivity index (χ1) is 7.08. The van der Waals surface area contributed by atoms with Gasteiger partial charge in [0.25, 0.3) is 0 Å². The number of rotatable bonds is 4. The summed E-state index contributed by atoms with van der Waals surface area (Å²) in [6.45, 7) is 5.71. The first-order valence-electron chi connectivity index (χ1n) is 4.94. The Morgan fingerprint density at radius 1 is 1.53 bits per heavy atom. The van der Waals surface area contributed by atoms with E-state index in [0.717, 1.165) is 12.4 Å². The van der Waals surface area contributed by atoms with Crippen molar-refractivity contribution in [2.75, 3.05) is 6.54 Å². The van der Waals surface area contributed by atoms with Gasteiger partial charge in [0.2, 0.25) is 0 Å². The molecule has 0 bridgehead atoms. The van der Waals surface area contributed by atoms with Crippen LogP contribution in [0.2, 0.25) is 0 Å². The van der Waals surface area contributed by atoms with E-state index in [1.54, 1.807) is 11.0 Å². The van der Waals surface area contributed by atoms with Gasteiger partial charge < -0.3 is 10.6 Å².